The molecule has 0 saturated heterocycles. The summed E-state index contributed by atoms with van der Waals surface area (Å²) < 4.78 is 7.22. The monoisotopic (exact) mass is 404 g/mol. The van der Waals surface area contributed by atoms with Gasteiger partial charge in [0.1, 0.15) is 12.1 Å². The Balaban J connectivity index is 1.78. The van der Waals surface area contributed by atoms with Crippen molar-refractivity contribution in [3.8, 4) is 5.75 Å². The molecule has 0 radical (unpaired) electrons. The Morgan fingerprint density at radius 3 is 2.40 bits per heavy atom. The SMILES string of the molecule is CCCCC(=O)N1c2ncnn2[C@H](c2ccc(C)cc2)C[C@H]1c1ccc(OC)cc1. The number of carbonyl (C=O) groups excluding carboxylic acids is 1. The van der Waals surface area contributed by atoms with Crippen LogP contribution in [0, 0.1) is 6.92 Å². The smallest absolute Gasteiger partial charge is 0.231 e. The number of fused-ring (bicyclic) bond motifs is 1. The zero-order chi connectivity index (χ0) is 21.1. The molecule has 1 aliphatic rings. The molecule has 2 atom stereocenters. The van der Waals surface area contributed by atoms with Crippen LogP contribution in [0.5, 0.6) is 5.75 Å². The molecule has 0 saturated carbocycles. The van der Waals surface area contributed by atoms with E-state index < -0.39 is 0 Å². The van der Waals surface area contributed by atoms with Gasteiger partial charge in [-0.1, -0.05) is 55.3 Å². The summed E-state index contributed by atoms with van der Waals surface area (Å²) >= 11 is 0. The molecule has 0 unspecified atom stereocenters. The molecular weight excluding hydrogens is 376 g/mol. The van der Waals surface area contributed by atoms with Crippen molar-refractivity contribution in [2.45, 2.75) is 51.6 Å². The van der Waals surface area contributed by atoms with Crippen LogP contribution in [0.3, 0.4) is 0 Å². The Labute approximate surface area is 177 Å². The normalized spacial score (nSPS) is 18.2. The van der Waals surface area contributed by atoms with Gasteiger partial charge in [0.25, 0.3) is 0 Å². The van der Waals surface area contributed by atoms with Gasteiger partial charge in [-0.15, -0.1) is 0 Å². The van der Waals surface area contributed by atoms with Crippen LogP contribution in [0.4, 0.5) is 5.95 Å². The lowest BCUT2D eigenvalue weighted by atomic mass is 9.91. The highest BCUT2D eigenvalue weighted by Gasteiger charge is 2.39. The summed E-state index contributed by atoms with van der Waals surface area (Å²) in [4.78, 5) is 19.6. The standard InChI is InChI=1S/C24H28N4O2/c1-4-5-6-23(29)27-21(18-11-13-20(30-3)14-12-18)15-22(28-24(27)25-16-26-28)19-9-7-17(2)8-10-19/h7-14,16,21-22H,4-6,15H2,1-3H3/t21-,22-/m0/s1. The van der Waals surface area contributed by atoms with Gasteiger partial charge in [0, 0.05) is 6.42 Å². The first-order valence-electron chi connectivity index (χ1n) is 10.5. The van der Waals surface area contributed by atoms with Crippen LogP contribution in [0.2, 0.25) is 0 Å². The van der Waals surface area contributed by atoms with Crippen LogP contribution in [-0.4, -0.2) is 27.8 Å². The highest BCUT2D eigenvalue weighted by molar-refractivity contribution is 5.92. The van der Waals surface area contributed by atoms with E-state index in [2.05, 4.69) is 48.2 Å². The summed E-state index contributed by atoms with van der Waals surface area (Å²) in [5, 5.41) is 4.50. The Morgan fingerprint density at radius 2 is 1.73 bits per heavy atom. The number of aryl methyl sites for hydroxylation is 1. The minimum Gasteiger partial charge on any atom is -0.497 e. The molecule has 6 heteroatoms. The van der Waals surface area contributed by atoms with Gasteiger partial charge < -0.3 is 4.74 Å². The number of aromatic nitrogens is 3. The predicted molar refractivity (Wildman–Crippen MR) is 117 cm³/mol. The summed E-state index contributed by atoms with van der Waals surface area (Å²) in [5.74, 6) is 1.51. The van der Waals surface area contributed by atoms with Gasteiger partial charge in [0.05, 0.1) is 19.2 Å². The first-order chi connectivity index (χ1) is 14.6. The Hall–Kier alpha value is -3.15. The highest BCUT2D eigenvalue weighted by Crippen LogP contribution is 2.42. The maximum absolute atomic E-state index is 13.2. The average Bonchev–Trinajstić information content (AvgIpc) is 3.27. The number of ether oxygens (including phenoxy) is 1. The fourth-order valence-electron chi connectivity index (χ4n) is 4.10. The van der Waals surface area contributed by atoms with Crippen molar-refractivity contribution < 1.29 is 9.53 Å². The topological polar surface area (TPSA) is 60.2 Å². The van der Waals surface area contributed by atoms with E-state index in [1.54, 1.807) is 13.4 Å². The second-order valence-corrected chi connectivity index (χ2v) is 7.82. The van der Waals surface area contributed by atoms with Gasteiger partial charge in [0.2, 0.25) is 11.9 Å². The van der Waals surface area contributed by atoms with E-state index in [1.165, 1.54) is 11.1 Å². The van der Waals surface area contributed by atoms with E-state index >= 15 is 0 Å². The average molecular weight is 405 g/mol. The van der Waals surface area contributed by atoms with E-state index in [4.69, 9.17) is 4.74 Å². The number of benzene rings is 2. The number of unbranched alkanes of at least 4 members (excludes halogenated alkanes) is 1. The lowest BCUT2D eigenvalue weighted by Gasteiger charge is -2.39. The quantitative estimate of drug-likeness (QED) is 0.589. The molecule has 2 heterocycles. The molecule has 0 spiro atoms. The third kappa shape index (κ3) is 3.82. The fraction of sp³-hybridized carbons (Fsp3) is 0.375. The van der Waals surface area contributed by atoms with Crippen molar-refractivity contribution in [2.24, 2.45) is 0 Å². The number of amides is 1. The van der Waals surface area contributed by atoms with Crippen molar-refractivity contribution in [3.05, 3.63) is 71.5 Å². The number of rotatable bonds is 6. The second kappa shape index (κ2) is 8.69. The number of methoxy groups -OCH3 is 1. The van der Waals surface area contributed by atoms with Crippen LogP contribution in [0.25, 0.3) is 0 Å². The first-order valence-corrected chi connectivity index (χ1v) is 10.5. The zero-order valence-corrected chi connectivity index (χ0v) is 17.8. The second-order valence-electron chi connectivity index (χ2n) is 7.82. The zero-order valence-electron chi connectivity index (χ0n) is 17.8. The Kier molecular flexibility index (Phi) is 5.84. The van der Waals surface area contributed by atoms with E-state index in [1.807, 2.05) is 33.8 Å². The molecular formula is C24H28N4O2. The summed E-state index contributed by atoms with van der Waals surface area (Å²) in [7, 11) is 1.66. The van der Waals surface area contributed by atoms with Gasteiger partial charge >= 0.3 is 0 Å². The van der Waals surface area contributed by atoms with Crippen LogP contribution in [0.1, 0.15) is 61.4 Å². The van der Waals surface area contributed by atoms with Gasteiger partial charge in [-0.05, 0) is 43.0 Å². The third-order valence-corrected chi connectivity index (χ3v) is 5.80. The van der Waals surface area contributed by atoms with Gasteiger partial charge in [-0.2, -0.15) is 10.1 Å². The molecule has 0 N–H and O–H groups in total. The van der Waals surface area contributed by atoms with Gasteiger partial charge in [0.15, 0.2) is 0 Å². The van der Waals surface area contributed by atoms with Crippen LogP contribution < -0.4 is 9.64 Å². The maximum Gasteiger partial charge on any atom is 0.231 e. The minimum atomic E-state index is -0.108. The minimum absolute atomic E-state index is 0.0189. The Morgan fingerprint density at radius 1 is 1.07 bits per heavy atom. The molecule has 6 nitrogen and oxygen atoms in total. The van der Waals surface area contributed by atoms with Crippen molar-refractivity contribution in [1.82, 2.24) is 14.8 Å². The number of anilines is 1. The summed E-state index contributed by atoms with van der Waals surface area (Å²) in [5.41, 5.74) is 3.47. The molecule has 156 valence electrons. The van der Waals surface area contributed by atoms with E-state index in [9.17, 15) is 4.79 Å². The molecule has 2 aromatic carbocycles. The fourth-order valence-corrected chi connectivity index (χ4v) is 4.10. The lowest BCUT2D eigenvalue weighted by Crippen LogP contribution is -2.42. The number of carbonyl (C=O) groups is 1. The van der Waals surface area contributed by atoms with E-state index in [-0.39, 0.29) is 18.0 Å². The van der Waals surface area contributed by atoms with Crippen molar-refractivity contribution >= 4 is 11.9 Å². The van der Waals surface area contributed by atoms with Crippen LogP contribution in [-0.2, 0) is 4.79 Å². The summed E-state index contributed by atoms with van der Waals surface area (Å²) in [6.07, 6.45) is 4.63. The predicted octanol–water partition coefficient (Wildman–Crippen LogP) is 4.85. The Bertz CT molecular complexity index is 995. The number of hydrogen-bond donors (Lipinski definition) is 0. The highest BCUT2D eigenvalue weighted by atomic mass is 16.5. The van der Waals surface area contributed by atoms with Gasteiger partial charge in [-0.25, -0.2) is 4.68 Å². The van der Waals surface area contributed by atoms with E-state index in [0.717, 1.165) is 30.6 Å². The molecule has 3 aromatic rings. The molecule has 0 fully saturated rings. The molecule has 30 heavy (non-hydrogen) atoms. The molecule has 0 aliphatic carbocycles. The first kappa shape index (κ1) is 20.1. The lowest BCUT2D eigenvalue weighted by molar-refractivity contribution is -0.119. The van der Waals surface area contributed by atoms with Crippen LogP contribution >= 0.6 is 0 Å². The van der Waals surface area contributed by atoms with Crippen molar-refractivity contribution in [3.63, 3.8) is 0 Å². The van der Waals surface area contributed by atoms with Gasteiger partial charge in [-0.3, -0.25) is 9.69 Å². The molecule has 0 bridgehead atoms. The summed E-state index contributed by atoms with van der Waals surface area (Å²) in [6.45, 7) is 4.18. The van der Waals surface area contributed by atoms with E-state index in [0.29, 0.717) is 12.4 Å². The third-order valence-electron chi connectivity index (χ3n) is 5.80. The molecule has 1 amide bonds. The van der Waals surface area contributed by atoms with Crippen LogP contribution in [0.15, 0.2) is 54.9 Å². The number of hydrogen-bond acceptors (Lipinski definition) is 4. The maximum atomic E-state index is 13.2. The van der Waals surface area contributed by atoms with Crippen molar-refractivity contribution in [2.75, 3.05) is 12.0 Å². The molecule has 1 aliphatic heterocycles. The summed E-state index contributed by atoms with van der Waals surface area (Å²) in [6, 6.07) is 16.4. The largest absolute Gasteiger partial charge is 0.497 e. The van der Waals surface area contributed by atoms with Crippen molar-refractivity contribution in [1.29, 1.82) is 0 Å². The molecule has 1 aromatic heterocycles. The molecule has 4 rings (SSSR count). The number of nitrogens with zero attached hydrogens (tertiary/aromatic N) is 4.